The number of aromatic nitrogens is 2. The molecule has 0 saturated carbocycles. The summed E-state index contributed by atoms with van der Waals surface area (Å²) in [6.45, 7) is -0.0128. The Labute approximate surface area is 116 Å². The molecule has 3 aromatic rings. The van der Waals surface area contributed by atoms with Crippen molar-refractivity contribution in [1.82, 2.24) is 9.38 Å². The number of nitrogens with zero attached hydrogens (tertiary/aromatic N) is 2. The molecule has 0 saturated heterocycles. The molecule has 0 atom stereocenters. The van der Waals surface area contributed by atoms with E-state index in [2.05, 4.69) is 4.98 Å². The van der Waals surface area contributed by atoms with Gasteiger partial charge in [-0.25, -0.2) is 4.98 Å². The summed E-state index contributed by atoms with van der Waals surface area (Å²) in [7, 11) is 1.63. The van der Waals surface area contributed by atoms with Crippen LogP contribution >= 0.6 is 0 Å². The van der Waals surface area contributed by atoms with Crippen LogP contribution in [0.2, 0.25) is 0 Å². The van der Waals surface area contributed by atoms with Crippen LogP contribution in [0.1, 0.15) is 5.56 Å². The van der Waals surface area contributed by atoms with Crippen LogP contribution < -0.4 is 10.5 Å². The summed E-state index contributed by atoms with van der Waals surface area (Å²) in [5.74, 6) is 1.37. The normalized spacial score (nSPS) is 10.9. The van der Waals surface area contributed by atoms with E-state index in [9.17, 15) is 0 Å². The highest BCUT2D eigenvalue weighted by Gasteiger charge is 2.11. The number of aliphatic hydroxyl groups is 1. The van der Waals surface area contributed by atoms with Gasteiger partial charge in [0, 0.05) is 11.8 Å². The van der Waals surface area contributed by atoms with Crippen molar-refractivity contribution >= 4 is 11.5 Å². The molecule has 0 bridgehead atoms. The lowest BCUT2D eigenvalue weighted by Crippen LogP contribution is -1.95. The van der Waals surface area contributed by atoms with Crippen LogP contribution in [0.3, 0.4) is 0 Å². The number of fused-ring (bicyclic) bond motifs is 1. The van der Waals surface area contributed by atoms with Crippen molar-refractivity contribution in [2.75, 3.05) is 12.8 Å². The lowest BCUT2D eigenvalue weighted by atomic mass is 10.1. The third-order valence-electron chi connectivity index (χ3n) is 3.27. The van der Waals surface area contributed by atoms with E-state index in [1.165, 1.54) is 0 Å². The number of hydrogen-bond donors (Lipinski definition) is 2. The first-order chi connectivity index (χ1) is 9.72. The quantitative estimate of drug-likeness (QED) is 0.763. The minimum absolute atomic E-state index is 0.0128. The van der Waals surface area contributed by atoms with E-state index in [-0.39, 0.29) is 6.61 Å². The third kappa shape index (κ3) is 1.98. The number of ether oxygens (including phenoxy) is 1. The number of methoxy groups -OCH3 is 1. The molecule has 3 rings (SSSR count). The first kappa shape index (κ1) is 12.5. The van der Waals surface area contributed by atoms with Gasteiger partial charge in [0.05, 0.1) is 13.7 Å². The lowest BCUT2D eigenvalue weighted by Gasteiger charge is -2.02. The first-order valence-electron chi connectivity index (χ1n) is 6.24. The molecule has 0 aliphatic heterocycles. The van der Waals surface area contributed by atoms with Gasteiger partial charge in [0.25, 0.3) is 0 Å². The van der Waals surface area contributed by atoms with Crippen molar-refractivity contribution in [3.05, 3.63) is 48.2 Å². The number of rotatable bonds is 3. The molecule has 0 amide bonds. The first-order valence-corrected chi connectivity index (χ1v) is 6.24. The van der Waals surface area contributed by atoms with Crippen molar-refractivity contribution in [3.63, 3.8) is 0 Å². The Morgan fingerprint density at radius 2 is 2.00 bits per heavy atom. The van der Waals surface area contributed by atoms with Gasteiger partial charge < -0.3 is 15.6 Å². The topological polar surface area (TPSA) is 72.8 Å². The van der Waals surface area contributed by atoms with Crippen LogP contribution in [-0.4, -0.2) is 21.6 Å². The van der Waals surface area contributed by atoms with E-state index in [4.69, 9.17) is 15.6 Å². The largest absolute Gasteiger partial charge is 0.497 e. The summed E-state index contributed by atoms with van der Waals surface area (Å²) in [5, 5.41) is 9.17. The van der Waals surface area contributed by atoms with Gasteiger partial charge in [-0.2, -0.15) is 0 Å². The van der Waals surface area contributed by atoms with Crippen molar-refractivity contribution < 1.29 is 9.84 Å². The van der Waals surface area contributed by atoms with Gasteiger partial charge in [0.1, 0.15) is 22.9 Å². The Bertz CT molecular complexity index is 748. The minimum atomic E-state index is -0.0128. The molecular formula is C15H15N3O2. The molecule has 20 heavy (non-hydrogen) atoms. The molecular weight excluding hydrogens is 254 g/mol. The van der Waals surface area contributed by atoms with E-state index in [1.54, 1.807) is 11.5 Å². The van der Waals surface area contributed by atoms with Crippen molar-refractivity contribution in [2.24, 2.45) is 0 Å². The van der Waals surface area contributed by atoms with E-state index in [1.807, 2.05) is 42.6 Å². The lowest BCUT2D eigenvalue weighted by molar-refractivity contribution is 0.282. The highest BCUT2D eigenvalue weighted by molar-refractivity contribution is 5.75. The maximum atomic E-state index is 9.17. The molecule has 0 spiro atoms. The van der Waals surface area contributed by atoms with Gasteiger partial charge in [-0.15, -0.1) is 0 Å². The Morgan fingerprint density at radius 1 is 1.25 bits per heavy atom. The molecule has 0 radical (unpaired) electrons. The van der Waals surface area contributed by atoms with Gasteiger partial charge >= 0.3 is 0 Å². The molecule has 2 heterocycles. The zero-order valence-electron chi connectivity index (χ0n) is 11.1. The molecule has 0 unspecified atom stereocenters. The number of nitrogen functional groups attached to an aromatic ring is 1. The van der Waals surface area contributed by atoms with E-state index in [0.717, 1.165) is 28.2 Å². The van der Waals surface area contributed by atoms with Gasteiger partial charge in [0.15, 0.2) is 0 Å². The second-order valence-corrected chi connectivity index (χ2v) is 4.50. The van der Waals surface area contributed by atoms with E-state index in [0.29, 0.717) is 5.82 Å². The molecule has 0 fully saturated rings. The summed E-state index contributed by atoms with van der Waals surface area (Å²) in [5.41, 5.74) is 9.32. The minimum Gasteiger partial charge on any atom is -0.497 e. The maximum Gasteiger partial charge on any atom is 0.139 e. The van der Waals surface area contributed by atoms with Crippen LogP contribution in [0.15, 0.2) is 42.6 Å². The second-order valence-electron chi connectivity index (χ2n) is 4.50. The molecule has 1 aromatic carbocycles. The fourth-order valence-corrected chi connectivity index (χ4v) is 2.17. The molecule has 5 heteroatoms. The summed E-state index contributed by atoms with van der Waals surface area (Å²) >= 11 is 0. The van der Waals surface area contributed by atoms with Gasteiger partial charge in [-0.3, -0.25) is 4.40 Å². The standard InChI is InChI=1S/C15H15N3O2/c1-20-12-4-2-11(3-5-12)14-15(16)18-7-6-10(9-19)8-13(18)17-14/h2-8,19H,9,16H2,1H3. The Morgan fingerprint density at radius 3 is 2.65 bits per heavy atom. The van der Waals surface area contributed by atoms with E-state index < -0.39 is 0 Å². The SMILES string of the molecule is COc1ccc(-c2nc3cc(CO)ccn3c2N)cc1. The van der Waals surface area contributed by atoms with Crippen molar-refractivity contribution in [1.29, 1.82) is 0 Å². The van der Waals surface area contributed by atoms with Crippen LogP contribution in [0, 0.1) is 0 Å². The van der Waals surface area contributed by atoms with Crippen LogP contribution in [0.4, 0.5) is 5.82 Å². The smallest absolute Gasteiger partial charge is 0.139 e. The molecule has 0 aliphatic carbocycles. The Kier molecular flexibility index (Phi) is 3.04. The predicted molar refractivity (Wildman–Crippen MR) is 77.5 cm³/mol. The Hall–Kier alpha value is -2.53. The molecule has 0 aliphatic rings. The fraction of sp³-hybridized carbons (Fsp3) is 0.133. The van der Waals surface area contributed by atoms with Crippen molar-refractivity contribution in [2.45, 2.75) is 6.61 Å². The number of benzene rings is 1. The second kappa shape index (κ2) is 4.86. The Balaban J connectivity index is 2.12. The van der Waals surface area contributed by atoms with Crippen LogP contribution in [-0.2, 0) is 6.61 Å². The summed E-state index contributed by atoms with van der Waals surface area (Å²) < 4.78 is 6.94. The fourth-order valence-electron chi connectivity index (χ4n) is 2.17. The number of imidazole rings is 1. The molecule has 3 N–H and O–H groups in total. The predicted octanol–water partition coefficient (Wildman–Crippen LogP) is 2.08. The third-order valence-corrected chi connectivity index (χ3v) is 3.27. The van der Waals surface area contributed by atoms with E-state index >= 15 is 0 Å². The number of hydrogen-bond acceptors (Lipinski definition) is 4. The average Bonchev–Trinajstić information content (AvgIpc) is 2.84. The van der Waals surface area contributed by atoms with Crippen LogP contribution in [0.5, 0.6) is 5.75 Å². The van der Waals surface area contributed by atoms with Crippen LogP contribution in [0.25, 0.3) is 16.9 Å². The summed E-state index contributed by atoms with van der Waals surface area (Å²) in [6, 6.07) is 11.2. The average molecular weight is 269 g/mol. The van der Waals surface area contributed by atoms with Gasteiger partial charge in [-0.05, 0) is 42.0 Å². The number of aliphatic hydroxyl groups excluding tert-OH is 1. The zero-order valence-corrected chi connectivity index (χ0v) is 11.1. The van der Waals surface area contributed by atoms with Crippen molar-refractivity contribution in [3.8, 4) is 17.0 Å². The summed E-state index contributed by atoms with van der Waals surface area (Å²) in [4.78, 5) is 4.53. The van der Waals surface area contributed by atoms with Gasteiger partial charge in [-0.1, -0.05) is 0 Å². The van der Waals surface area contributed by atoms with Gasteiger partial charge in [0.2, 0.25) is 0 Å². The molecule has 5 nitrogen and oxygen atoms in total. The summed E-state index contributed by atoms with van der Waals surface area (Å²) in [6.07, 6.45) is 1.82. The number of anilines is 1. The zero-order chi connectivity index (χ0) is 14.1. The number of nitrogens with two attached hydrogens (primary N) is 1. The monoisotopic (exact) mass is 269 g/mol. The number of pyridine rings is 1. The molecule has 2 aromatic heterocycles. The maximum absolute atomic E-state index is 9.17. The highest BCUT2D eigenvalue weighted by Crippen LogP contribution is 2.28. The molecule has 102 valence electrons. The highest BCUT2D eigenvalue weighted by atomic mass is 16.5.